The molecule has 0 aromatic heterocycles. The fraction of sp³-hybridized carbons (Fsp3) is 0. The molecule has 0 spiro atoms. The fourth-order valence-electron chi connectivity index (χ4n) is 0.255. The van der Waals surface area contributed by atoms with Crippen molar-refractivity contribution in [1.82, 2.24) is 5.32 Å². The van der Waals surface area contributed by atoms with Gasteiger partial charge in [-0.3, -0.25) is 0 Å². The Morgan fingerprint density at radius 3 is 2.00 bits per heavy atom. The van der Waals surface area contributed by atoms with Gasteiger partial charge < -0.3 is 5.32 Å². The van der Waals surface area contributed by atoms with E-state index < -0.39 is 10.2 Å². The molecule has 1 N–H and O–H groups in total. The number of hydrogen-bond acceptors (Lipinski definition) is 3. The van der Waals surface area contributed by atoms with E-state index in [1.54, 1.807) is 0 Å². The van der Waals surface area contributed by atoms with Crippen molar-refractivity contribution < 1.29 is 8.42 Å². The average molecular weight is 133 g/mol. The van der Waals surface area contributed by atoms with Crippen LogP contribution in [-0.4, -0.2) is 21.1 Å². The second-order valence-electron chi connectivity index (χ2n) is 1.08. The van der Waals surface area contributed by atoms with E-state index in [0.717, 1.165) is 12.7 Å². The Kier molecular flexibility index (Phi) is 1.01. The highest BCUT2D eigenvalue weighted by atomic mass is 32.2. The average Bonchev–Trinajstić information content (AvgIpc) is 1.65. The van der Waals surface area contributed by atoms with Crippen molar-refractivity contribution >= 4 is 22.9 Å². The van der Waals surface area contributed by atoms with Gasteiger partial charge >= 0.3 is 10.2 Å². The number of hydrogen-bond donors (Lipinski definition) is 1. The third-order valence-corrected chi connectivity index (χ3v) is 1.26. The third-order valence-electron chi connectivity index (χ3n) is 0.521. The lowest BCUT2D eigenvalue weighted by molar-refractivity contribution is 0.599. The Bertz CT molecular complexity index is 208. The summed E-state index contributed by atoms with van der Waals surface area (Å²) in [4.78, 5) is 0. The van der Waals surface area contributed by atoms with Crippen molar-refractivity contribution in [1.29, 1.82) is 0 Å². The van der Waals surface area contributed by atoms with Gasteiger partial charge in [0.2, 0.25) is 0 Å². The summed E-state index contributed by atoms with van der Waals surface area (Å²) in [6.07, 6.45) is 2.12. The van der Waals surface area contributed by atoms with E-state index >= 15 is 0 Å². The Morgan fingerprint density at radius 1 is 1.25 bits per heavy atom. The minimum Gasteiger partial charge on any atom is -0.336 e. The summed E-state index contributed by atoms with van der Waals surface area (Å²) >= 11 is 0. The molecule has 0 aromatic carbocycles. The lowest BCUT2D eigenvalue weighted by Crippen LogP contribution is -2.14. The van der Waals surface area contributed by atoms with E-state index in [-0.39, 0.29) is 0 Å². The SMILES string of the molecule is O=S1(=O)N=CNC=N1. The van der Waals surface area contributed by atoms with Crippen LogP contribution in [0, 0.1) is 0 Å². The first-order chi connectivity index (χ1) is 3.71. The van der Waals surface area contributed by atoms with Crippen LogP contribution in [0.25, 0.3) is 0 Å². The molecular weight excluding hydrogens is 130 g/mol. The molecule has 0 saturated heterocycles. The first kappa shape index (κ1) is 5.23. The predicted octanol–water partition coefficient (Wildman–Crippen LogP) is -1.11. The van der Waals surface area contributed by atoms with Crippen LogP contribution < -0.4 is 5.32 Å². The zero-order chi connectivity index (χ0) is 6.04. The normalized spacial score (nSPS) is 22.5. The maximum atomic E-state index is 10.2. The molecule has 0 saturated carbocycles. The van der Waals surface area contributed by atoms with Gasteiger partial charge in [0.15, 0.2) is 0 Å². The van der Waals surface area contributed by atoms with Crippen LogP contribution in [0.15, 0.2) is 8.80 Å². The molecule has 0 atom stereocenters. The summed E-state index contributed by atoms with van der Waals surface area (Å²) in [7, 11) is -3.51. The molecule has 0 amide bonds. The number of rotatable bonds is 0. The second kappa shape index (κ2) is 1.55. The van der Waals surface area contributed by atoms with E-state index in [1.807, 2.05) is 0 Å². The molecule has 44 valence electrons. The topological polar surface area (TPSA) is 70.9 Å². The van der Waals surface area contributed by atoms with Crippen molar-refractivity contribution in [2.75, 3.05) is 0 Å². The van der Waals surface area contributed by atoms with E-state index in [1.165, 1.54) is 0 Å². The summed E-state index contributed by atoms with van der Waals surface area (Å²) in [5.41, 5.74) is 0. The fourth-order valence-corrected chi connectivity index (χ4v) is 0.697. The molecular formula is C2H3N3O2S. The molecule has 1 aliphatic heterocycles. The van der Waals surface area contributed by atoms with Gasteiger partial charge in [-0.15, -0.1) is 8.80 Å². The summed E-state index contributed by atoms with van der Waals surface area (Å²) in [6.45, 7) is 0. The van der Waals surface area contributed by atoms with E-state index in [0.29, 0.717) is 0 Å². The van der Waals surface area contributed by atoms with Gasteiger partial charge in [-0.1, -0.05) is 0 Å². The predicted molar refractivity (Wildman–Crippen MR) is 29.0 cm³/mol. The Balaban J connectivity index is 3.03. The Morgan fingerprint density at radius 2 is 1.75 bits per heavy atom. The highest BCUT2D eigenvalue weighted by Crippen LogP contribution is 1.91. The van der Waals surface area contributed by atoms with Crippen LogP contribution in [0.3, 0.4) is 0 Å². The molecule has 1 rings (SSSR count). The van der Waals surface area contributed by atoms with Crippen molar-refractivity contribution in [3.8, 4) is 0 Å². The molecule has 1 aliphatic rings. The molecule has 8 heavy (non-hydrogen) atoms. The molecule has 5 nitrogen and oxygen atoms in total. The van der Waals surface area contributed by atoms with Crippen LogP contribution in [0.1, 0.15) is 0 Å². The standard InChI is InChI=1S/C2H3N3O2S/c6-8(7)4-1-3-2-5-8/h1-2H,(H,3,4,5). The van der Waals surface area contributed by atoms with Gasteiger partial charge in [0, 0.05) is 0 Å². The zero-order valence-corrected chi connectivity index (χ0v) is 4.59. The number of nitrogens with one attached hydrogen (secondary N) is 1. The van der Waals surface area contributed by atoms with E-state index in [9.17, 15) is 8.42 Å². The maximum absolute atomic E-state index is 10.2. The molecule has 0 aromatic rings. The summed E-state index contributed by atoms with van der Waals surface area (Å²) in [6, 6.07) is 0. The van der Waals surface area contributed by atoms with Gasteiger partial charge in [0.05, 0.1) is 0 Å². The van der Waals surface area contributed by atoms with Crippen molar-refractivity contribution in [2.45, 2.75) is 0 Å². The smallest absolute Gasteiger partial charge is 0.336 e. The molecule has 1 heterocycles. The monoisotopic (exact) mass is 133 g/mol. The Hall–Kier alpha value is -0.910. The van der Waals surface area contributed by atoms with E-state index in [4.69, 9.17) is 0 Å². The molecule has 6 heteroatoms. The minimum atomic E-state index is -3.51. The molecule has 0 radical (unpaired) electrons. The first-order valence-electron chi connectivity index (χ1n) is 1.79. The third kappa shape index (κ3) is 1.03. The molecule has 0 fully saturated rings. The van der Waals surface area contributed by atoms with Gasteiger partial charge in [0.25, 0.3) is 0 Å². The zero-order valence-electron chi connectivity index (χ0n) is 3.77. The second-order valence-corrected chi connectivity index (χ2v) is 2.40. The maximum Gasteiger partial charge on any atom is 0.365 e. The van der Waals surface area contributed by atoms with Gasteiger partial charge in [-0.25, -0.2) is 0 Å². The lowest BCUT2D eigenvalue weighted by Gasteiger charge is -1.93. The van der Waals surface area contributed by atoms with Crippen LogP contribution >= 0.6 is 0 Å². The summed E-state index contributed by atoms with van der Waals surface area (Å²) < 4.78 is 26.4. The van der Waals surface area contributed by atoms with Crippen molar-refractivity contribution in [3.63, 3.8) is 0 Å². The minimum absolute atomic E-state index is 1.06. The van der Waals surface area contributed by atoms with Crippen LogP contribution in [-0.2, 0) is 10.2 Å². The van der Waals surface area contributed by atoms with Crippen molar-refractivity contribution in [2.24, 2.45) is 8.80 Å². The van der Waals surface area contributed by atoms with Crippen LogP contribution in [0.4, 0.5) is 0 Å². The molecule has 0 bridgehead atoms. The van der Waals surface area contributed by atoms with Gasteiger partial charge in [-0.2, -0.15) is 8.42 Å². The van der Waals surface area contributed by atoms with Gasteiger partial charge in [0.1, 0.15) is 12.7 Å². The number of nitrogens with zero attached hydrogens (tertiary/aromatic N) is 2. The lowest BCUT2D eigenvalue weighted by atomic mass is 11.1. The quantitative estimate of drug-likeness (QED) is 0.455. The van der Waals surface area contributed by atoms with Crippen molar-refractivity contribution in [3.05, 3.63) is 0 Å². The highest BCUT2D eigenvalue weighted by molar-refractivity contribution is 7.89. The van der Waals surface area contributed by atoms with Crippen LogP contribution in [0.2, 0.25) is 0 Å². The van der Waals surface area contributed by atoms with E-state index in [2.05, 4.69) is 14.1 Å². The Labute approximate surface area is 46.3 Å². The molecule has 0 unspecified atom stereocenters. The first-order valence-corrected chi connectivity index (χ1v) is 3.19. The van der Waals surface area contributed by atoms with Gasteiger partial charge in [-0.05, 0) is 0 Å². The van der Waals surface area contributed by atoms with Crippen LogP contribution in [0.5, 0.6) is 0 Å². The largest absolute Gasteiger partial charge is 0.365 e. The summed E-state index contributed by atoms with van der Waals surface area (Å²) in [5, 5.41) is 2.38. The molecule has 0 aliphatic carbocycles. The summed E-state index contributed by atoms with van der Waals surface area (Å²) in [5.74, 6) is 0. The highest BCUT2D eigenvalue weighted by Gasteiger charge is 2.02.